The van der Waals surface area contributed by atoms with Gasteiger partial charge in [-0.1, -0.05) is 32.9 Å². The normalized spacial score (nSPS) is 11.4. The molecular weight excluding hydrogens is 266 g/mol. The number of benzene rings is 1. The SMILES string of the molecule is Cc1cc(=O)n(-c2ccc(C(C)(C)C)cc2)nc1C(N)=O. The van der Waals surface area contributed by atoms with Gasteiger partial charge in [0.05, 0.1) is 5.69 Å². The molecule has 1 aromatic carbocycles. The van der Waals surface area contributed by atoms with E-state index in [2.05, 4.69) is 25.9 Å². The molecule has 2 aromatic rings. The van der Waals surface area contributed by atoms with Gasteiger partial charge in [-0.25, -0.2) is 0 Å². The van der Waals surface area contributed by atoms with E-state index in [1.807, 2.05) is 24.3 Å². The molecule has 0 bridgehead atoms. The number of amides is 1. The van der Waals surface area contributed by atoms with Crippen molar-refractivity contribution in [2.24, 2.45) is 5.73 Å². The molecule has 0 aliphatic heterocycles. The minimum Gasteiger partial charge on any atom is -0.364 e. The summed E-state index contributed by atoms with van der Waals surface area (Å²) in [5, 5.41) is 4.06. The number of carbonyl (C=O) groups is 1. The van der Waals surface area contributed by atoms with E-state index < -0.39 is 5.91 Å². The van der Waals surface area contributed by atoms with Crippen molar-refractivity contribution in [3.63, 3.8) is 0 Å². The van der Waals surface area contributed by atoms with Gasteiger partial charge in [-0.3, -0.25) is 9.59 Å². The lowest BCUT2D eigenvalue weighted by Gasteiger charge is -2.19. The number of hydrogen-bond acceptors (Lipinski definition) is 3. The third-order valence-electron chi connectivity index (χ3n) is 3.33. The van der Waals surface area contributed by atoms with Crippen molar-refractivity contribution >= 4 is 5.91 Å². The summed E-state index contributed by atoms with van der Waals surface area (Å²) < 4.78 is 1.19. The number of hydrogen-bond donors (Lipinski definition) is 1. The number of primary amides is 1. The fraction of sp³-hybridized carbons (Fsp3) is 0.312. The zero-order valence-corrected chi connectivity index (χ0v) is 12.7. The van der Waals surface area contributed by atoms with E-state index in [0.717, 1.165) is 5.56 Å². The molecule has 1 aromatic heterocycles. The van der Waals surface area contributed by atoms with Gasteiger partial charge in [-0.15, -0.1) is 0 Å². The molecule has 5 heteroatoms. The van der Waals surface area contributed by atoms with Gasteiger partial charge in [0, 0.05) is 6.07 Å². The quantitative estimate of drug-likeness (QED) is 0.915. The van der Waals surface area contributed by atoms with Crippen LogP contribution in [-0.4, -0.2) is 15.7 Å². The molecule has 21 heavy (non-hydrogen) atoms. The average molecular weight is 285 g/mol. The molecule has 0 spiro atoms. The zero-order chi connectivity index (χ0) is 15.8. The van der Waals surface area contributed by atoms with Gasteiger partial charge in [-0.05, 0) is 35.6 Å². The highest BCUT2D eigenvalue weighted by Crippen LogP contribution is 2.22. The van der Waals surface area contributed by atoms with Crippen molar-refractivity contribution in [2.75, 3.05) is 0 Å². The molecule has 1 amide bonds. The van der Waals surface area contributed by atoms with Gasteiger partial charge in [0.25, 0.3) is 11.5 Å². The van der Waals surface area contributed by atoms with E-state index in [1.165, 1.54) is 10.7 Å². The van der Waals surface area contributed by atoms with Crippen molar-refractivity contribution in [2.45, 2.75) is 33.1 Å². The average Bonchev–Trinajstić information content (AvgIpc) is 2.37. The van der Waals surface area contributed by atoms with Crippen LogP contribution in [-0.2, 0) is 5.41 Å². The fourth-order valence-corrected chi connectivity index (χ4v) is 2.07. The summed E-state index contributed by atoms with van der Waals surface area (Å²) in [7, 11) is 0. The largest absolute Gasteiger partial charge is 0.364 e. The highest BCUT2D eigenvalue weighted by atomic mass is 16.1. The predicted octanol–water partition coefficient (Wildman–Crippen LogP) is 1.94. The lowest BCUT2D eigenvalue weighted by Crippen LogP contribution is -2.27. The number of aromatic nitrogens is 2. The molecule has 2 rings (SSSR count). The van der Waals surface area contributed by atoms with E-state index in [0.29, 0.717) is 11.3 Å². The Hall–Kier alpha value is -2.43. The molecule has 0 saturated heterocycles. The third-order valence-corrected chi connectivity index (χ3v) is 3.33. The molecule has 110 valence electrons. The first-order valence-corrected chi connectivity index (χ1v) is 6.72. The first-order valence-electron chi connectivity index (χ1n) is 6.72. The maximum atomic E-state index is 12.0. The Balaban J connectivity index is 2.54. The summed E-state index contributed by atoms with van der Waals surface area (Å²) in [6, 6.07) is 8.90. The highest BCUT2D eigenvalue weighted by molar-refractivity contribution is 5.91. The van der Waals surface area contributed by atoms with Crippen LogP contribution in [0, 0.1) is 6.92 Å². The summed E-state index contributed by atoms with van der Waals surface area (Å²) in [4.78, 5) is 23.4. The van der Waals surface area contributed by atoms with Crippen LogP contribution in [0.4, 0.5) is 0 Å². The number of nitrogens with zero attached hydrogens (tertiary/aromatic N) is 2. The fourth-order valence-electron chi connectivity index (χ4n) is 2.07. The van der Waals surface area contributed by atoms with Gasteiger partial charge in [-0.2, -0.15) is 9.78 Å². The Labute approximate surface area is 123 Å². The van der Waals surface area contributed by atoms with Crippen molar-refractivity contribution in [1.29, 1.82) is 0 Å². The van der Waals surface area contributed by atoms with Crippen LogP contribution in [0.3, 0.4) is 0 Å². The summed E-state index contributed by atoms with van der Waals surface area (Å²) >= 11 is 0. The maximum absolute atomic E-state index is 12.0. The van der Waals surface area contributed by atoms with E-state index in [1.54, 1.807) is 6.92 Å². The predicted molar refractivity (Wildman–Crippen MR) is 81.8 cm³/mol. The zero-order valence-electron chi connectivity index (χ0n) is 12.7. The monoisotopic (exact) mass is 285 g/mol. The Morgan fingerprint density at radius 2 is 1.76 bits per heavy atom. The molecule has 5 nitrogen and oxygen atoms in total. The first-order chi connectivity index (χ1) is 9.70. The van der Waals surface area contributed by atoms with Crippen LogP contribution in [0.15, 0.2) is 35.1 Å². The Kier molecular flexibility index (Phi) is 3.68. The topological polar surface area (TPSA) is 78.0 Å². The van der Waals surface area contributed by atoms with E-state index in [4.69, 9.17) is 5.73 Å². The van der Waals surface area contributed by atoms with Crippen LogP contribution in [0.1, 0.15) is 42.4 Å². The smallest absolute Gasteiger partial charge is 0.271 e. The molecule has 1 heterocycles. The minimum atomic E-state index is -0.646. The van der Waals surface area contributed by atoms with Gasteiger partial charge >= 0.3 is 0 Å². The number of rotatable bonds is 2. The number of carbonyl (C=O) groups excluding carboxylic acids is 1. The molecule has 0 fully saturated rings. The summed E-state index contributed by atoms with van der Waals surface area (Å²) in [6.45, 7) is 7.98. The van der Waals surface area contributed by atoms with Gasteiger partial charge in [0.15, 0.2) is 5.69 Å². The number of aryl methyl sites for hydroxylation is 1. The standard InChI is InChI=1S/C16H19N3O2/c1-10-9-13(20)19(18-14(10)15(17)21)12-7-5-11(6-8-12)16(2,3)4/h5-9H,1-4H3,(H2,17,21). The molecule has 0 saturated carbocycles. The molecular formula is C16H19N3O2. The highest BCUT2D eigenvalue weighted by Gasteiger charge is 2.15. The van der Waals surface area contributed by atoms with Crippen LogP contribution in [0.5, 0.6) is 0 Å². The second-order valence-corrected chi connectivity index (χ2v) is 6.09. The molecule has 0 aliphatic carbocycles. The van der Waals surface area contributed by atoms with Crippen molar-refractivity contribution in [3.05, 3.63) is 57.5 Å². The Bertz CT molecular complexity index is 738. The molecule has 2 N–H and O–H groups in total. The van der Waals surface area contributed by atoms with Crippen molar-refractivity contribution < 1.29 is 4.79 Å². The molecule has 0 aliphatic rings. The molecule has 0 radical (unpaired) electrons. The minimum absolute atomic E-state index is 0.0303. The van der Waals surface area contributed by atoms with E-state index >= 15 is 0 Å². The van der Waals surface area contributed by atoms with Crippen molar-refractivity contribution in [3.8, 4) is 5.69 Å². The van der Waals surface area contributed by atoms with E-state index in [-0.39, 0.29) is 16.7 Å². The molecule has 0 unspecified atom stereocenters. The third kappa shape index (κ3) is 3.02. The van der Waals surface area contributed by atoms with Gasteiger partial charge in [0.2, 0.25) is 0 Å². The van der Waals surface area contributed by atoms with E-state index in [9.17, 15) is 9.59 Å². The number of nitrogens with two attached hydrogens (primary N) is 1. The summed E-state index contributed by atoms with van der Waals surface area (Å²) in [6.07, 6.45) is 0. The maximum Gasteiger partial charge on any atom is 0.271 e. The lowest BCUT2D eigenvalue weighted by atomic mass is 9.87. The second kappa shape index (κ2) is 5.16. The van der Waals surface area contributed by atoms with Gasteiger partial charge < -0.3 is 5.73 Å². The second-order valence-electron chi connectivity index (χ2n) is 6.09. The van der Waals surface area contributed by atoms with Crippen molar-refractivity contribution in [1.82, 2.24) is 9.78 Å². The molecule has 0 atom stereocenters. The Morgan fingerprint density at radius 1 is 1.19 bits per heavy atom. The lowest BCUT2D eigenvalue weighted by molar-refractivity contribution is 0.0993. The van der Waals surface area contributed by atoms with Crippen LogP contribution < -0.4 is 11.3 Å². The van der Waals surface area contributed by atoms with Crippen LogP contribution in [0.2, 0.25) is 0 Å². The van der Waals surface area contributed by atoms with Gasteiger partial charge in [0.1, 0.15) is 0 Å². The summed E-state index contributed by atoms with van der Waals surface area (Å²) in [5.74, 6) is -0.646. The first kappa shape index (κ1) is 15.0. The van der Waals surface area contributed by atoms with Crippen LogP contribution >= 0.6 is 0 Å². The summed E-state index contributed by atoms with van der Waals surface area (Å²) in [5.41, 5.74) is 7.36. The van der Waals surface area contributed by atoms with Crippen LogP contribution in [0.25, 0.3) is 5.69 Å². The Morgan fingerprint density at radius 3 is 2.24 bits per heavy atom.